The molecule has 3 heteroatoms. The molecular weight excluding hydrogens is 294 g/mol. The topological polar surface area (TPSA) is 20.3 Å². The number of halogens is 1. The van der Waals surface area contributed by atoms with Gasteiger partial charge in [-0.1, -0.05) is 54.1 Å². The van der Waals surface area contributed by atoms with E-state index in [1.165, 1.54) is 5.56 Å². The van der Waals surface area contributed by atoms with Crippen LogP contribution in [0, 0.1) is 5.92 Å². The fraction of sp³-hybridized carbons (Fsp3) is 0.316. The lowest BCUT2D eigenvalue weighted by Crippen LogP contribution is -2.41. The van der Waals surface area contributed by atoms with Gasteiger partial charge in [0.05, 0.1) is 0 Å². The molecular formula is C19H20ClNO. The van der Waals surface area contributed by atoms with Crippen molar-refractivity contribution < 1.29 is 4.79 Å². The van der Waals surface area contributed by atoms with E-state index >= 15 is 0 Å². The molecule has 0 N–H and O–H groups in total. The molecule has 2 atom stereocenters. The van der Waals surface area contributed by atoms with E-state index in [9.17, 15) is 4.79 Å². The summed E-state index contributed by atoms with van der Waals surface area (Å²) in [4.78, 5) is 14.8. The Morgan fingerprint density at radius 2 is 1.68 bits per heavy atom. The summed E-state index contributed by atoms with van der Waals surface area (Å²) in [6.45, 7) is 1.67. The number of benzene rings is 2. The van der Waals surface area contributed by atoms with Crippen molar-refractivity contribution in [1.29, 1.82) is 0 Å². The minimum atomic E-state index is 0.00215. The standard InChI is InChI=1S/C19H20ClNO/c1-21-12-11-18(22)17(13-21)19(14-5-3-2-4-6-14)15-7-9-16(20)10-8-15/h2-10,17,19H,11-13H2,1H3. The van der Waals surface area contributed by atoms with Gasteiger partial charge in [0.15, 0.2) is 0 Å². The largest absolute Gasteiger partial charge is 0.305 e. The fourth-order valence-corrected chi connectivity index (χ4v) is 3.42. The third-order valence-electron chi connectivity index (χ3n) is 4.45. The van der Waals surface area contributed by atoms with Crippen LogP contribution in [0.1, 0.15) is 23.5 Å². The van der Waals surface area contributed by atoms with E-state index in [1.54, 1.807) is 0 Å². The zero-order valence-corrected chi connectivity index (χ0v) is 13.5. The summed E-state index contributed by atoms with van der Waals surface area (Å²) in [6, 6.07) is 18.2. The van der Waals surface area contributed by atoms with E-state index < -0.39 is 0 Å². The summed E-state index contributed by atoms with van der Waals surface area (Å²) in [5.41, 5.74) is 2.35. The first-order chi connectivity index (χ1) is 10.6. The van der Waals surface area contributed by atoms with Crippen LogP contribution in [0.2, 0.25) is 5.02 Å². The van der Waals surface area contributed by atoms with Gasteiger partial charge < -0.3 is 4.90 Å². The number of carbonyl (C=O) groups is 1. The molecule has 0 aliphatic carbocycles. The van der Waals surface area contributed by atoms with Gasteiger partial charge in [-0.05, 0) is 30.3 Å². The number of hydrogen-bond acceptors (Lipinski definition) is 2. The van der Waals surface area contributed by atoms with Crippen LogP contribution in [-0.2, 0) is 4.79 Å². The zero-order chi connectivity index (χ0) is 15.5. The molecule has 1 aliphatic heterocycles. The SMILES string of the molecule is CN1CCC(=O)C(C(c2ccccc2)c2ccc(Cl)cc2)C1. The van der Waals surface area contributed by atoms with Crippen molar-refractivity contribution in [2.75, 3.05) is 20.1 Å². The van der Waals surface area contributed by atoms with Crippen molar-refractivity contribution in [2.45, 2.75) is 12.3 Å². The number of nitrogens with zero attached hydrogens (tertiary/aromatic N) is 1. The molecule has 2 aromatic carbocycles. The van der Waals surface area contributed by atoms with Crippen LogP contribution in [0.4, 0.5) is 0 Å². The smallest absolute Gasteiger partial charge is 0.139 e. The van der Waals surface area contributed by atoms with Crippen LogP contribution in [-0.4, -0.2) is 30.8 Å². The molecule has 3 rings (SSSR count). The van der Waals surface area contributed by atoms with Gasteiger partial charge in [-0.2, -0.15) is 0 Å². The van der Waals surface area contributed by atoms with Gasteiger partial charge in [-0.25, -0.2) is 0 Å². The van der Waals surface area contributed by atoms with Crippen LogP contribution in [0.5, 0.6) is 0 Å². The first kappa shape index (κ1) is 15.3. The average Bonchev–Trinajstić information content (AvgIpc) is 2.54. The minimum Gasteiger partial charge on any atom is -0.305 e. The normalized spacial score (nSPS) is 20.8. The summed E-state index contributed by atoms with van der Waals surface area (Å²) in [6.07, 6.45) is 0.637. The first-order valence-corrected chi connectivity index (χ1v) is 8.04. The highest BCUT2D eigenvalue weighted by atomic mass is 35.5. The zero-order valence-electron chi connectivity index (χ0n) is 12.7. The average molecular weight is 314 g/mol. The lowest BCUT2D eigenvalue weighted by Gasteiger charge is -2.34. The van der Waals surface area contributed by atoms with Gasteiger partial charge >= 0.3 is 0 Å². The van der Waals surface area contributed by atoms with Gasteiger partial charge in [0.1, 0.15) is 5.78 Å². The molecule has 0 amide bonds. The van der Waals surface area contributed by atoms with Gasteiger partial charge in [0.2, 0.25) is 0 Å². The molecule has 2 unspecified atom stereocenters. The molecule has 0 saturated carbocycles. The van der Waals surface area contributed by atoms with E-state index in [0.29, 0.717) is 12.2 Å². The van der Waals surface area contributed by atoms with Crippen LogP contribution >= 0.6 is 11.6 Å². The molecule has 1 fully saturated rings. The van der Waals surface area contributed by atoms with Crippen molar-refractivity contribution >= 4 is 17.4 Å². The maximum atomic E-state index is 12.5. The quantitative estimate of drug-likeness (QED) is 0.854. The number of ketones is 1. The van der Waals surface area contributed by atoms with E-state index in [0.717, 1.165) is 23.7 Å². The molecule has 2 nitrogen and oxygen atoms in total. The Balaban J connectivity index is 2.02. The number of Topliss-reactive ketones (excluding diaryl/α,β-unsaturated/α-hetero) is 1. The highest BCUT2D eigenvalue weighted by Gasteiger charge is 2.34. The monoisotopic (exact) mass is 313 g/mol. The van der Waals surface area contributed by atoms with Crippen molar-refractivity contribution in [2.24, 2.45) is 5.92 Å². The molecule has 22 heavy (non-hydrogen) atoms. The second-order valence-electron chi connectivity index (χ2n) is 6.02. The molecule has 0 radical (unpaired) electrons. The van der Waals surface area contributed by atoms with E-state index in [4.69, 9.17) is 11.6 Å². The number of likely N-dealkylation sites (tertiary alicyclic amines) is 1. The fourth-order valence-electron chi connectivity index (χ4n) is 3.29. The maximum Gasteiger partial charge on any atom is 0.139 e. The van der Waals surface area contributed by atoms with Gasteiger partial charge in [-0.3, -0.25) is 4.79 Å². The Labute approximate surface area is 136 Å². The Morgan fingerprint density at radius 1 is 1.05 bits per heavy atom. The summed E-state index contributed by atoms with van der Waals surface area (Å²) in [5, 5.41) is 0.725. The predicted molar refractivity (Wildman–Crippen MR) is 90.3 cm³/mol. The van der Waals surface area contributed by atoms with Crippen LogP contribution in [0.15, 0.2) is 54.6 Å². The third kappa shape index (κ3) is 3.23. The summed E-state index contributed by atoms with van der Waals surface area (Å²) < 4.78 is 0. The third-order valence-corrected chi connectivity index (χ3v) is 4.70. The van der Waals surface area contributed by atoms with E-state index in [-0.39, 0.29) is 11.8 Å². The molecule has 1 aliphatic rings. The first-order valence-electron chi connectivity index (χ1n) is 7.67. The predicted octanol–water partition coefficient (Wildman–Crippen LogP) is 3.99. The summed E-state index contributed by atoms with van der Waals surface area (Å²) in [5.74, 6) is 0.456. The number of carbonyl (C=O) groups excluding carboxylic acids is 1. The summed E-state index contributed by atoms with van der Waals surface area (Å²) in [7, 11) is 2.09. The molecule has 0 spiro atoms. The lowest BCUT2D eigenvalue weighted by molar-refractivity contribution is -0.126. The Morgan fingerprint density at radius 3 is 2.36 bits per heavy atom. The second-order valence-corrected chi connectivity index (χ2v) is 6.46. The van der Waals surface area contributed by atoms with Gasteiger partial charge in [0, 0.05) is 36.4 Å². The molecule has 1 heterocycles. The van der Waals surface area contributed by atoms with Gasteiger partial charge in [0.25, 0.3) is 0 Å². The molecule has 114 valence electrons. The number of hydrogen-bond donors (Lipinski definition) is 0. The number of rotatable bonds is 3. The minimum absolute atomic E-state index is 0.00215. The molecule has 2 aromatic rings. The molecule has 0 aromatic heterocycles. The highest BCUT2D eigenvalue weighted by Crippen LogP contribution is 2.35. The van der Waals surface area contributed by atoms with E-state index in [2.05, 4.69) is 24.1 Å². The number of piperidine rings is 1. The van der Waals surface area contributed by atoms with Gasteiger partial charge in [-0.15, -0.1) is 0 Å². The lowest BCUT2D eigenvalue weighted by atomic mass is 9.76. The Bertz CT molecular complexity index is 638. The Kier molecular flexibility index (Phi) is 4.60. The summed E-state index contributed by atoms with van der Waals surface area (Å²) >= 11 is 6.02. The van der Waals surface area contributed by atoms with Crippen LogP contribution < -0.4 is 0 Å². The Hall–Kier alpha value is -1.64. The second kappa shape index (κ2) is 6.64. The van der Waals surface area contributed by atoms with Crippen LogP contribution in [0.25, 0.3) is 0 Å². The van der Waals surface area contributed by atoms with Crippen molar-refractivity contribution in [3.8, 4) is 0 Å². The van der Waals surface area contributed by atoms with Crippen molar-refractivity contribution in [3.05, 3.63) is 70.7 Å². The molecule has 1 saturated heterocycles. The molecule has 0 bridgehead atoms. The van der Waals surface area contributed by atoms with E-state index in [1.807, 2.05) is 42.5 Å². The maximum absolute atomic E-state index is 12.5. The highest BCUT2D eigenvalue weighted by molar-refractivity contribution is 6.30. The van der Waals surface area contributed by atoms with Crippen molar-refractivity contribution in [3.63, 3.8) is 0 Å². The van der Waals surface area contributed by atoms with Crippen LogP contribution in [0.3, 0.4) is 0 Å². The van der Waals surface area contributed by atoms with Crippen molar-refractivity contribution in [1.82, 2.24) is 4.90 Å².